The van der Waals surface area contributed by atoms with E-state index in [1.165, 1.54) is 0 Å². The van der Waals surface area contributed by atoms with Gasteiger partial charge in [0.05, 0.1) is 0 Å². The van der Waals surface area contributed by atoms with E-state index in [-0.39, 0.29) is 11.4 Å². The van der Waals surface area contributed by atoms with E-state index in [4.69, 9.17) is 10.5 Å². The summed E-state index contributed by atoms with van der Waals surface area (Å²) in [5.74, 6) is 0. The topological polar surface area (TPSA) is 60.0 Å². The molecule has 0 saturated heterocycles. The molecule has 0 bridgehead atoms. The lowest BCUT2D eigenvalue weighted by molar-refractivity contribution is 0.213. The Bertz CT molecular complexity index is 147. The molecule has 0 aromatic rings. The normalized spacial score (nSPS) is 24.6. The highest BCUT2D eigenvalue weighted by atomic mass is 32.1. The molecule has 0 aromatic carbocycles. The molecule has 1 unspecified atom stereocenters. The van der Waals surface area contributed by atoms with Crippen molar-refractivity contribution in [1.82, 2.24) is 0 Å². The molecule has 2 N–H and O–H groups in total. The number of nitrogens with zero attached hydrogens (tertiary/aromatic N) is 2. The number of hydrogen-bond donors (Lipinski definition) is 1. The minimum Gasteiger partial charge on any atom is -0.441 e. The number of rotatable bonds is 2. The van der Waals surface area contributed by atoms with Gasteiger partial charge < -0.3 is 10.5 Å². The third-order valence-corrected chi connectivity index (χ3v) is 1.10. The quantitative estimate of drug-likeness (QED) is 0.573. The third-order valence-electron chi connectivity index (χ3n) is 0.919. The van der Waals surface area contributed by atoms with E-state index in [2.05, 4.69) is 22.4 Å². The molecular weight excluding hydrogens is 138 g/mol. The Morgan fingerprint density at radius 1 is 1.78 bits per heavy atom. The van der Waals surface area contributed by atoms with Gasteiger partial charge in [0.1, 0.15) is 0 Å². The maximum absolute atomic E-state index is 5.23. The molecule has 1 aliphatic heterocycles. The zero-order valence-electron chi connectivity index (χ0n) is 4.78. The summed E-state index contributed by atoms with van der Waals surface area (Å²) in [5, 5.41) is 7.42. The summed E-state index contributed by atoms with van der Waals surface area (Å²) < 4.78 is 4.92. The van der Waals surface area contributed by atoms with Crippen molar-refractivity contribution in [2.24, 2.45) is 16.0 Å². The second kappa shape index (κ2) is 2.84. The molecule has 50 valence electrons. The first-order valence-corrected chi connectivity index (χ1v) is 3.05. The van der Waals surface area contributed by atoms with Gasteiger partial charge in [0.15, 0.2) is 0 Å². The van der Waals surface area contributed by atoms with Gasteiger partial charge in [-0.3, -0.25) is 0 Å². The molecule has 0 radical (unpaired) electrons. The molecular formula is C4H7N3OS. The van der Waals surface area contributed by atoms with Crippen molar-refractivity contribution in [3.05, 3.63) is 0 Å². The van der Waals surface area contributed by atoms with E-state index >= 15 is 0 Å². The van der Waals surface area contributed by atoms with Crippen molar-refractivity contribution in [3.8, 4) is 0 Å². The Hall–Kier alpha value is -0.550. The van der Waals surface area contributed by atoms with Gasteiger partial charge in [-0.25, -0.2) is 0 Å². The van der Waals surface area contributed by atoms with Crippen LogP contribution in [0.15, 0.2) is 10.2 Å². The van der Waals surface area contributed by atoms with Crippen LogP contribution in [0, 0.1) is 0 Å². The lowest BCUT2D eigenvalue weighted by Gasteiger charge is -2.01. The summed E-state index contributed by atoms with van der Waals surface area (Å²) in [6.45, 7) is 0.548. The first kappa shape index (κ1) is 6.57. The summed E-state index contributed by atoms with van der Waals surface area (Å²) in [6, 6.07) is 0. The average Bonchev–Trinajstić information content (AvgIpc) is 2.17. The molecule has 0 amide bonds. The van der Waals surface area contributed by atoms with Crippen molar-refractivity contribution in [1.29, 1.82) is 0 Å². The summed E-state index contributed by atoms with van der Waals surface area (Å²) in [4.78, 5) is 0. The Labute approximate surface area is 58.1 Å². The van der Waals surface area contributed by atoms with Gasteiger partial charge in [-0.2, -0.15) is 0 Å². The minimum atomic E-state index is -0.220. The van der Waals surface area contributed by atoms with E-state index in [0.717, 1.165) is 0 Å². The van der Waals surface area contributed by atoms with Gasteiger partial charge in [0.25, 0.3) is 0 Å². The predicted octanol–water partition coefficient (Wildman–Crippen LogP) is 0.429. The molecule has 0 fully saturated rings. The Kier molecular flexibility index (Phi) is 2.07. The standard InChI is InChI=1S/C4H7N3OS/c5-2-1-3-6-7-4(9)8-3/h3H,1-2,5H2. The molecule has 0 aromatic heterocycles. The first-order chi connectivity index (χ1) is 4.33. The van der Waals surface area contributed by atoms with Crippen LogP contribution in [0.25, 0.3) is 0 Å². The summed E-state index contributed by atoms with van der Waals surface area (Å²) in [7, 11) is 0. The lowest BCUT2D eigenvalue weighted by atomic mass is 10.4. The molecule has 0 spiro atoms. The lowest BCUT2D eigenvalue weighted by Crippen LogP contribution is -2.12. The number of azo groups is 1. The van der Waals surface area contributed by atoms with E-state index in [1.54, 1.807) is 0 Å². The van der Waals surface area contributed by atoms with Gasteiger partial charge in [-0.1, -0.05) is 0 Å². The van der Waals surface area contributed by atoms with Crippen molar-refractivity contribution in [2.45, 2.75) is 12.6 Å². The van der Waals surface area contributed by atoms with Crippen LogP contribution in [0.3, 0.4) is 0 Å². The van der Waals surface area contributed by atoms with Gasteiger partial charge in [0, 0.05) is 6.42 Å². The van der Waals surface area contributed by atoms with Gasteiger partial charge in [0.2, 0.25) is 6.23 Å². The summed E-state index contributed by atoms with van der Waals surface area (Å²) in [5.41, 5.74) is 5.23. The molecule has 5 heteroatoms. The van der Waals surface area contributed by atoms with Crippen molar-refractivity contribution < 1.29 is 4.74 Å². The molecule has 9 heavy (non-hydrogen) atoms. The van der Waals surface area contributed by atoms with Crippen molar-refractivity contribution in [2.75, 3.05) is 6.54 Å². The van der Waals surface area contributed by atoms with Crippen LogP contribution in [0.2, 0.25) is 0 Å². The molecule has 1 aliphatic rings. The zero-order chi connectivity index (χ0) is 6.69. The summed E-state index contributed by atoms with van der Waals surface area (Å²) in [6.07, 6.45) is 0.464. The van der Waals surface area contributed by atoms with Crippen LogP contribution in [-0.2, 0) is 4.74 Å². The van der Waals surface area contributed by atoms with Gasteiger partial charge in [-0.15, -0.1) is 10.2 Å². The second-order valence-electron chi connectivity index (χ2n) is 1.63. The average molecular weight is 145 g/mol. The largest absolute Gasteiger partial charge is 0.441 e. The number of ether oxygens (including phenoxy) is 1. The summed E-state index contributed by atoms with van der Waals surface area (Å²) >= 11 is 4.59. The van der Waals surface area contributed by atoms with Crippen LogP contribution in [0.5, 0.6) is 0 Å². The van der Waals surface area contributed by atoms with Crippen molar-refractivity contribution >= 4 is 17.4 Å². The molecule has 1 atom stereocenters. The van der Waals surface area contributed by atoms with Gasteiger partial charge in [-0.05, 0) is 18.8 Å². The molecule has 1 rings (SSSR count). The first-order valence-electron chi connectivity index (χ1n) is 2.64. The Balaban J connectivity index is 2.32. The smallest absolute Gasteiger partial charge is 0.304 e. The number of nitrogens with two attached hydrogens (primary N) is 1. The second-order valence-corrected chi connectivity index (χ2v) is 1.98. The van der Waals surface area contributed by atoms with E-state index < -0.39 is 0 Å². The van der Waals surface area contributed by atoms with Crippen LogP contribution in [0.1, 0.15) is 6.42 Å². The van der Waals surface area contributed by atoms with E-state index in [9.17, 15) is 0 Å². The van der Waals surface area contributed by atoms with Crippen LogP contribution in [-0.4, -0.2) is 17.9 Å². The van der Waals surface area contributed by atoms with Crippen LogP contribution in [0.4, 0.5) is 0 Å². The minimum absolute atomic E-state index is 0.216. The molecule has 0 saturated carbocycles. The number of hydrogen-bond acceptors (Lipinski definition) is 4. The fourth-order valence-corrected chi connectivity index (χ4v) is 0.693. The van der Waals surface area contributed by atoms with Crippen LogP contribution < -0.4 is 5.73 Å². The highest BCUT2D eigenvalue weighted by molar-refractivity contribution is 7.80. The van der Waals surface area contributed by atoms with E-state index in [0.29, 0.717) is 13.0 Å². The zero-order valence-corrected chi connectivity index (χ0v) is 5.60. The number of thiocarbonyl (C=S) groups is 1. The van der Waals surface area contributed by atoms with Gasteiger partial charge >= 0.3 is 5.17 Å². The Morgan fingerprint density at radius 3 is 3.00 bits per heavy atom. The molecule has 0 aliphatic carbocycles. The maximum Gasteiger partial charge on any atom is 0.304 e. The maximum atomic E-state index is 5.23. The van der Waals surface area contributed by atoms with Crippen molar-refractivity contribution in [3.63, 3.8) is 0 Å². The third kappa shape index (κ3) is 1.69. The van der Waals surface area contributed by atoms with E-state index in [1.807, 2.05) is 0 Å². The Morgan fingerprint density at radius 2 is 2.56 bits per heavy atom. The predicted molar refractivity (Wildman–Crippen MR) is 36.0 cm³/mol. The van der Waals surface area contributed by atoms with Crippen LogP contribution >= 0.6 is 12.2 Å². The SMILES string of the molecule is NCCC1N=NC(=S)O1. The fraction of sp³-hybridized carbons (Fsp3) is 0.750. The fourth-order valence-electron chi connectivity index (χ4n) is 0.534. The molecule has 1 heterocycles. The highest BCUT2D eigenvalue weighted by Crippen LogP contribution is 2.09. The monoisotopic (exact) mass is 145 g/mol. The highest BCUT2D eigenvalue weighted by Gasteiger charge is 2.14. The molecule has 4 nitrogen and oxygen atoms in total.